The van der Waals surface area contributed by atoms with Crippen molar-refractivity contribution in [3.05, 3.63) is 75.9 Å². The van der Waals surface area contributed by atoms with E-state index in [1.165, 1.54) is 21.8 Å². The molecule has 0 fully saturated rings. The van der Waals surface area contributed by atoms with Gasteiger partial charge in [0.25, 0.3) is 5.56 Å². The lowest BCUT2D eigenvalue weighted by atomic mass is 10.3. The van der Waals surface area contributed by atoms with Gasteiger partial charge in [0.05, 0.1) is 6.20 Å². The number of ether oxygens (including phenoxy) is 1. The van der Waals surface area contributed by atoms with Crippen LogP contribution in [0.4, 0.5) is 5.69 Å². The average molecular weight is 454 g/mol. The van der Waals surface area contributed by atoms with Crippen molar-refractivity contribution in [2.75, 3.05) is 5.32 Å². The molecule has 2 heterocycles. The molecule has 0 aliphatic rings. The Labute approximate surface area is 173 Å². The Morgan fingerprint density at radius 1 is 1.10 bits per heavy atom. The summed E-state index contributed by atoms with van der Waals surface area (Å²) in [7, 11) is 1.70. The molecule has 0 aliphatic heterocycles. The van der Waals surface area contributed by atoms with Crippen LogP contribution in [0.15, 0.2) is 70.3 Å². The minimum Gasteiger partial charge on any atom is -0.457 e. The number of nitrogens with zero attached hydrogens (tertiary/aromatic N) is 4. The highest BCUT2D eigenvalue weighted by Crippen LogP contribution is 2.24. The highest BCUT2D eigenvalue weighted by molar-refractivity contribution is 9.10. The largest absolute Gasteiger partial charge is 0.457 e. The van der Waals surface area contributed by atoms with E-state index in [2.05, 4.69) is 31.3 Å². The number of aryl methyl sites for hydroxylation is 1. The molecule has 4 aromatic rings. The summed E-state index contributed by atoms with van der Waals surface area (Å²) in [6.45, 7) is -0.145. The average Bonchev–Trinajstić information content (AvgIpc) is 3.09. The lowest BCUT2D eigenvalue weighted by Crippen LogP contribution is -2.27. The van der Waals surface area contributed by atoms with Gasteiger partial charge in [-0.3, -0.25) is 18.8 Å². The van der Waals surface area contributed by atoms with Crippen molar-refractivity contribution in [2.45, 2.75) is 6.54 Å². The highest BCUT2D eigenvalue weighted by atomic mass is 79.9. The summed E-state index contributed by atoms with van der Waals surface area (Å²) in [5.41, 5.74) is 0.770. The van der Waals surface area contributed by atoms with Crippen molar-refractivity contribution >= 4 is 38.6 Å². The van der Waals surface area contributed by atoms with Gasteiger partial charge in [-0.1, -0.05) is 15.9 Å². The standard InChI is InChI=1S/C20H16BrN5O3/c1-25-19-17(10-23-25)20(28)26(12-22-19)11-18(27)24-14-4-8-16(9-5-14)29-15-6-2-13(21)3-7-15/h2-10,12H,11H2,1H3,(H,24,27). The quantitative estimate of drug-likeness (QED) is 0.500. The van der Waals surface area contributed by atoms with E-state index in [9.17, 15) is 9.59 Å². The molecule has 2 aromatic heterocycles. The predicted octanol–water partition coefficient (Wildman–Crippen LogP) is 3.32. The first-order valence-electron chi connectivity index (χ1n) is 8.70. The number of fused-ring (bicyclic) bond motifs is 1. The van der Waals surface area contributed by atoms with Crippen molar-refractivity contribution in [3.8, 4) is 11.5 Å². The van der Waals surface area contributed by atoms with Gasteiger partial charge in [-0.2, -0.15) is 5.10 Å². The van der Waals surface area contributed by atoms with Gasteiger partial charge < -0.3 is 10.1 Å². The molecule has 2 aromatic carbocycles. The number of carbonyl (C=O) groups excluding carboxylic acids is 1. The van der Waals surface area contributed by atoms with Gasteiger partial charge in [0.1, 0.15) is 29.8 Å². The molecule has 0 bridgehead atoms. The molecule has 29 heavy (non-hydrogen) atoms. The third-order valence-electron chi connectivity index (χ3n) is 4.22. The summed E-state index contributed by atoms with van der Waals surface area (Å²) >= 11 is 3.38. The van der Waals surface area contributed by atoms with Crippen LogP contribution in [0.2, 0.25) is 0 Å². The van der Waals surface area contributed by atoms with Crippen LogP contribution in [0.5, 0.6) is 11.5 Å². The molecular weight excluding hydrogens is 438 g/mol. The molecule has 0 spiro atoms. The highest BCUT2D eigenvalue weighted by Gasteiger charge is 2.11. The summed E-state index contributed by atoms with van der Waals surface area (Å²) in [6.07, 6.45) is 2.80. The second kappa shape index (κ2) is 7.88. The number of anilines is 1. The number of hydrogen-bond donors (Lipinski definition) is 1. The Bertz CT molecular complexity index is 1230. The third-order valence-corrected chi connectivity index (χ3v) is 4.75. The van der Waals surface area contributed by atoms with E-state index in [1.807, 2.05) is 24.3 Å². The second-order valence-corrected chi connectivity index (χ2v) is 7.23. The minimum absolute atomic E-state index is 0.145. The van der Waals surface area contributed by atoms with Crippen molar-refractivity contribution in [1.29, 1.82) is 0 Å². The van der Waals surface area contributed by atoms with E-state index in [-0.39, 0.29) is 18.0 Å². The van der Waals surface area contributed by atoms with Gasteiger partial charge in [0, 0.05) is 17.2 Å². The maximum Gasteiger partial charge on any atom is 0.264 e. The molecule has 146 valence electrons. The van der Waals surface area contributed by atoms with Gasteiger partial charge in [-0.05, 0) is 48.5 Å². The Morgan fingerprint density at radius 2 is 1.76 bits per heavy atom. The van der Waals surface area contributed by atoms with Crippen molar-refractivity contribution < 1.29 is 9.53 Å². The SMILES string of the molecule is Cn1ncc2c(=O)n(CC(=O)Nc3ccc(Oc4ccc(Br)cc4)cc3)cnc21. The maximum atomic E-state index is 12.4. The van der Waals surface area contributed by atoms with Crippen LogP contribution in [-0.4, -0.2) is 25.2 Å². The molecule has 0 aliphatic carbocycles. The molecule has 0 unspecified atom stereocenters. The van der Waals surface area contributed by atoms with Gasteiger partial charge in [-0.25, -0.2) is 4.98 Å². The third kappa shape index (κ3) is 4.19. The summed E-state index contributed by atoms with van der Waals surface area (Å²) < 4.78 is 9.49. The number of nitrogens with one attached hydrogen (secondary N) is 1. The zero-order valence-corrected chi connectivity index (χ0v) is 17.0. The number of hydrogen-bond acceptors (Lipinski definition) is 5. The molecule has 1 N–H and O–H groups in total. The van der Waals surface area contributed by atoms with Crippen LogP contribution < -0.4 is 15.6 Å². The number of halogens is 1. The zero-order chi connectivity index (χ0) is 20.4. The number of rotatable bonds is 5. The minimum atomic E-state index is -0.335. The first kappa shape index (κ1) is 18.9. The second-order valence-electron chi connectivity index (χ2n) is 6.31. The molecule has 9 heteroatoms. The molecule has 0 saturated heterocycles. The molecule has 8 nitrogen and oxygen atoms in total. The fourth-order valence-corrected chi connectivity index (χ4v) is 3.04. The molecule has 0 saturated carbocycles. The summed E-state index contributed by atoms with van der Waals surface area (Å²) in [5.74, 6) is 1.02. The Kier molecular flexibility index (Phi) is 5.13. The summed E-state index contributed by atoms with van der Waals surface area (Å²) in [4.78, 5) is 28.9. The zero-order valence-electron chi connectivity index (χ0n) is 15.4. The summed E-state index contributed by atoms with van der Waals surface area (Å²) in [6, 6.07) is 14.5. The molecule has 4 rings (SSSR count). The van der Waals surface area contributed by atoms with Crippen LogP contribution in [0, 0.1) is 0 Å². The number of aromatic nitrogens is 4. The number of benzene rings is 2. The summed E-state index contributed by atoms with van der Waals surface area (Å²) in [5, 5.41) is 7.15. The van der Waals surface area contributed by atoms with E-state index in [1.54, 1.807) is 31.3 Å². The van der Waals surface area contributed by atoms with Crippen molar-refractivity contribution in [3.63, 3.8) is 0 Å². The van der Waals surface area contributed by atoms with Crippen LogP contribution in [-0.2, 0) is 18.4 Å². The van der Waals surface area contributed by atoms with Gasteiger partial charge in [0.15, 0.2) is 5.65 Å². The van der Waals surface area contributed by atoms with Crippen LogP contribution in [0.1, 0.15) is 0 Å². The number of amides is 1. The van der Waals surface area contributed by atoms with Crippen molar-refractivity contribution in [2.24, 2.45) is 7.05 Å². The smallest absolute Gasteiger partial charge is 0.264 e. The van der Waals surface area contributed by atoms with Crippen LogP contribution in [0.3, 0.4) is 0 Å². The first-order chi connectivity index (χ1) is 14.0. The Balaban J connectivity index is 1.41. The molecule has 0 atom stereocenters. The van der Waals surface area contributed by atoms with Gasteiger partial charge in [0.2, 0.25) is 5.91 Å². The predicted molar refractivity (Wildman–Crippen MR) is 112 cm³/mol. The molecule has 0 radical (unpaired) electrons. The fourth-order valence-electron chi connectivity index (χ4n) is 2.78. The van der Waals surface area contributed by atoms with Crippen LogP contribution in [0.25, 0.3) is 11.0 Å². The van der Waals surface area contributed by atoms with E-state index in [0.717, 1.165) is 4.47 Å². The topological polar surface area (TPSA) is 91.0 Å². The number of carbonyl (C=O) groups is 1. The Hall–Kier alpha value is -3.46. The monoisotopic (exact) mass is 453 g/mol. The van der Waals surface area contributed by atoms with Gasteiger partial charge >= 0.3 is 0 Å². The van der Waals surface area contributed by atoms with E-state index in [0.29, 0.717) is 28.2 Å². The first-order valence-corrected chi connectivity index (χ1v) is 9.49. The maximum absolute atomic E-state index is 12.4. The van der Waals surface area contributed by atoms with E-state index < -0.39 is 0 Å². The lowest BCUT2D eigenvalue weighted by Gasteiger charge is -2.09. The Morgan fingerprint density at radius 3 is 2.45 bits per heavy atom. The lowest BCUT2D eigenvalue weighted by molar-refractivity contribution is -0.116. The molecule has 1 amide bonds. The molecular formula is C20H16BrN5O3. The fraction of sp³-hybridized carbons (Fsp3) is 0.100. The van der Waals surface area contributed by atoms with E-state index in [4.69, 9.17) is 4.74 Å². The van der Waals surface area contributed by atoms with Gasteiger partial charge in [-0.15, -0.1) is 0 Å². The van der Waals surface area contributed by atoms with E-state index >= 15 is 0 Å². The van der Waals surface area contributed by atoms with Crippen molar-refractivity contribution in [1.82, 2.24) is 19.3 Å². The van der Waals surface area contributed by atoms with Crippen LogP contribution >= 0.6 is 15.9 Å². The normalized spacial score (nSPS) is 10.8.